The molecule has 0 radical (unpaired) electrons. The normalized spacial score (nSPS) is 11.4. The molecule has 1 aromatic heterocycles. The van der Waals surface area contributed by atoms with Gasteiger partial charge in [0.15, 0.2) is 0 Å². The van der Waals surface area contributed by atoms with E-state index in [9.17, 15) is 8.42 Å². The number of benzene rings is 2. The van der Waals surface area contributed by atoms with Crippen molar-refractivity contribution in [1.29, 1.82) is 0 Å². The predicted octanol–water partition coefficient (Wildman–Crippen LogP) is 2.74. The number of nitrogens with zero attached hydrogens (tertiary/aromatic N) is 1. The maximum absolute atomic E-state index is 12.7. The summed E-state index contributed by atoms with van der Waals surface area (Å²) in [6.45, 7) is 0. The fourth-order valence-electron chi connectivity index (χ4n) is 2.23. The number of aromatic nitrogens is 1. The Bertz CT molecular complexity index is 859. The van der Waals surface area contributed by atoms with E-state index in [1.165, 1.54) is 3.97 Å². The number of hydrogen-bond donors (Lipinski definition) is 0. The Labute approximate surface area is 133 Å². The van der Waals surface area contributed by atoms with Gasteiger partial charge in [0.25, 0.3) is 0 Å². The summed E-state index contributed by atoms with van der Waals surface area (Å²) in [5.74, 6) is 0. The van der Waals surface area contributed by atoms with Crippen LogP contribution >= 0.6 is 8.25 Å². The molecule has 2 aromatic carbocycles. The first-order valence-electron chi connectivity index (χ1n) is 6.10. The third-order valence-electron chi connectivity index (χ3n) is 3.20. The van der Waals surface area contributed by atoms with Gasteiger partial charge in [-0.1, -0.05) is 0 Å². The molecule has 0 aliphatic rings. The maximum atomic E-state index is 12.7. The van der Waals surface area contributed by atoms with Crippen LogP contribution in [-0.2, 0) is 33.4 Å². The summed E-state index contributed by atoms with van der Waals surface area (Å²) in [7, 11) is 2.57. The van der Waals surface area contributed by atoms with Crippen LogP contribution in [0.25, 0.3) is 10.9 Å². The molecule has 3 aromatic rings. The average Bonchev–Trinajstić information content (AvgIpc) is 2.88. The Morgan fingerprint density at radius 3 is 2.30 bits per heavy atom. The SMILES string of the molecule is O=S(=O)(c1ccccc1)n1c[c]([Hg][Cl])c2ccccc21. The molecule has 0 aliphatic heterocycles. The first-order valence-corrected chi connectivity index (χ1v) is 17.1. The van der Waals surface area contributed by atoms with Crippen LogP contribution in [0.2, 0.25) is 0 Å². The average molecular weight is 492 g/mol. The fourth-order valence-corrected chi connectivity index (χ4v) is 8.72. The van der Waals surface area contributed by atoms with Gasteiger partial charge in [0.1, 0.15) is 0 Å². The summed E-state index contributed by atoms with van der Waals surface area (Å²) < 4.78 is 27.8. The van der Waals surface area contributed by atoms with Crippen molar-refractivity contribution in [2.24, 2.45) is 0 Å². The molecule has 0 N–H and O–H groups in total. The van der Waals surface area contributed by atoms with E-state index in [4.69, 9.17) is 8.25 Å². The van der Waals surface area contributed by atoms with Crippen LogP contribution < -0.4 is 3.07 Å². The first-order chi connectivity index (χ1) is 9.64. The minimum absolute atomic E-state index is 0.290. The van der Waals surface area contributed by atoms with Crippen LogP contribution in [0.1, 0.15) is 0 Å². The van der Waals surface area contributed by atoms with E-state index in [-0.39, 0.29) is 0 Å². The summed E-state index contributed by atoms with van der Waals surface area (Å²) in [6.07, 6.45) is 1.70. The summed E-state index contributed by atoms with van der Waals surface area (Å²) in [5, 5.41) is 0.962. The van der Waals surface area contributed by atoms with Gasteiger partial charge in [-0.3, -0.25) is 0 Å². The van der Waals surface area contributed by atoms with Gasteiger partial charge in [0, 0.05) is 0 Å². The quantitative estimate of drug-likeness (QED) is 0.528. The van der Waals surface area contributed by atoms with Crippen molar-refractivity contribution in [3.8, 4) is 0 Å². The molecular formula is C14H10ClHgNO2S. The summed E-state index contributed by atoms with van der Waals surface area (Å²) >= 11 is -1.70. The van der Waals surface area contributed by atoms with E-state index in [2.05, 4.69) is 0 Å². The molecule has 98 valence electrons. The minimum atomic E-state index is -3.56. The second-order valence-corrected chi connectivity index (χ2v) is 12.6. The van der Waals surface area contributed by atoms with Gasteiger partial charge in [-0.05, 0) is 0 Å². The van der Waals surface area contributed by atoms with E-state index < -0.39 is 33.4 Å². The molecule has 0 unspecified atom stereocenters. The van der Waals surface area contributed by atoms with Crippen LogP contribution in [0.4, 0.5) is 0 Å². The number of rotatable bonds is 3. The van der Waals surface area contributed by atoms with Gasteiger partial charge in [-0.15, -0.1) is 0 Å². The Morgan fingerprint density at radius 1 is 0.950 bits per heavy atom. The molecule has 3 rings (SSSR count). The molecule has 3 nitrogen and oxygen atoms in total. The molecule has 0 spiro atoms. The van der Waals surface area contributed by atoms with E-state index in [1.54, 1.807) is 36.5 Å². The second kappa shape index (κ2) is 5.50. The molecule has 0 atom stereocenters. The van der Waals surface area contributed by atoms with E-state index >= 15 is 0 Å². The number of halogens is 1. The number of fused-ring (bicyclic) bond motifs is 1. The molecule has 0 bridgehead atoms. The molecule has 0 saturated carbocycles. The molecular weight excluding hydrogens is 482 g/mol. The van der Waals surface area contributed by atoms with Crippen LogP contribution in [0.3, 0.4) is 0 Å². The predicted molar refractivity (Wildman–Crippen MR) is 76.5 cm³/mol. The Kier molecular flexibility index (Phi) is 3.88. The van der Waals surface area contributed by atoms with Crippen molar-refractivity contribution < 1.29 is 31.8 Å². The standard InChI is InChI=1S/C14H10NO2S.ClH.Hg/c16-18(17,13-7-2-1-3-8-13)15-11-10-12-6-4-5-9-14(12)15;;/h1-9,11H;1H;/q;;+1/p-1. The van der Waals surface area contributed by atoms with Crippen molar-refractivity contribution >= 4 is 32.2 Å². The molecule has 0 aliphatic carbocycles. The monoisotopic (exact) mass is 493 g/mol. The Balaban J connectivity index is 2.30. The van der Waals surface area contributed by atoms with E-state index in [0.29, 0.717) is 10.4 Å². The van der Waals surface area contributed by atoms with Crippen LogP contribution in [0.5, 0.6) is 0 Å². The van der Waals surface area contributed by atoms with Crippen molar-refractivity contribution in [1.82, 2.24) is 3.97 Å². The van der Waals surface area contributed by atoms with Crippen molar-refractivity contribution in [3.05, 3.63) is 60.8 Å². The van der Waals surface area contributed by atoms with E-state index in [0.717, 1.165) is 8.46 Å². The van der Waals surface area contributed by atoms with Crippen LogP contribution in [0, 0.1) is 0 Å². The molecule has 0 fully saturated rings. The fraction of sp³-hybridized carbons (Fsp3) is 0. The number of para-hydroxylation sites is 1. The summed E-state index contributed by atoms with van der Waals surface area (Å²) in [5.41, 5.74) is 0.701. The van der Waals surface area contributed by atoms with Gasteiger partial charge >= 0.3 is 134 Å². The second-order valence-electron chi connectivity index (χ2n) is 4.42. The zero-order chi connectivity index (χ0) is 14.2. The Hall–Kier alpha value is -0.845. The molecule has 1 heterocycles. The van der Waals surface area contributed by atoms with Gasteiger partial charge in [0.05, 0.1) is 0 Å². The zero-order valence-corrected chi connectivity index (χ0v) is 17.6. The van der Waals surface area contributed by atoms with Gasteiger partial charge in [-0.25, -0.2) is 0 Å². The third-order valence-corrected chi connectivity index (χ3v) is 10.7. The van der Waals surface area contributed by atoms with Crippen molar-refractivity contribution in [2.75, 3.05) is 0 Å². The summed E-state index contributed by atoms with van der Waals surface area (Å²) in [4.78, 5) is 0.290. The zero-order valence-electron chi connectivity index (χ0n) is 10.5. The first kappa shape index (κ1) is 14.1. The molecule has 0 amide bonds. The summed E-state index contributed by atoms with van der Waals surface area (Å²) in [6, 6.07) is 16.0. The molecule has 6 heteroatoms. The number of hydrogen-bond acceptors (Lipinski definition) is 2. The van der Waals surface area contributed by atoms with Crippen LogP contribution in [-0.4, -0.2) is 12.4 Å². The molecule has 20 heavy (non-hydrogen) atoms. The Morgan fingerprint density at radius 2 is 1.60 bits per heavy atom. The third kappa shape index (κ3) is 2.30. The van der Waals surface area contributed by atoms with Gasteiger partial charge < -0.3 is 0 Å². The van der Waals surface area contributed by atoms with Gasteiger partial charge in [0.2, 0.25) is 0 Å². The van der Waals surface area contributed by atoms with Gasteiger partial charge in [-0.2, -0.15) is 0 Å². The molecule has 0 saturated heterocycles. The van der Waals surface area contributed by atoms with E-state index in [1.807, 2.05) is 24.3 Å². The van der Waals surface area contributed by atoms with Crippen LogP contribution in [0.15, 0.2) is 65.7 Å². The van der Waals surface area contributed by atoms with Crippen molar-refractivity contribution in [3.63, 3.8) is 0 Å². The topological polar surface area (TPSA) is 39.1 Å². The van der Waals surface area contributed by atoms with Crippen molar-refractivity contribution in [2.45, 2.75) is 4.90 Å².